The van der Waals surface area contributed by atoms with Gasteiger partial charge >= 0.3 is 0 Å². The molecule has 0 aliphatic heterocycles. The van der Waals surface area contributed by atoms with Gasteiger partial charge in [0.2, 0.25) is 0 Å². The van der Waals surface area contributed by atoms with Crippen LogP contribution < -0.4 is 4.74 Å². The van der Waals surface area contributed by atoms with E-state index in [4.69, 9.17) is 4.74 Å². The summed E-state index contributed by atoms with van der Waals surface area (Å²) in [6.07, 6.45) is 2.87. The van der Waals surface area contributed by atoms with Crippen LogP contribution in [0.1, 0.15) is 0 Å². The third kappa shape index (κ3) is 2.28. The van der Waals surface area contributed by atoms with Crippen LogP contribution in [0.3, 0.4) is 0 Å². The van der Waals surface area contributed by atoms with E-state index in [2.05, 4.69) is 11.1 Å². The highest BCUT2D eigenvalue weighted by atomic mass is 19.1. The van der Waals surface area contributed by atoms with Crippen molar-refractivity contribution < 1.29 is 13.5 Å². The molecule has 1 radical (unpaired) electrons. The number of benzene rings is 1. The average molecular weight is 206 g/mol. The van der Waals surface area contributed by atoms with E-state index in [0.717, 1.165) is 12.1 Å². The molecule has 2 rings (SSSR count). The van der Waals surface area contributed by atoms with Gasteiger partial charge in [-0.25, -0.2) is 8.78 Å². The van der Waals surface area contributed by atoms with Crippen LogP contribution in [-0.4, -0.2) is 4.98 Å². The first-order valence-electron chi connectivity index (χ1n) is 4.20. The topological polar surface area (TPSA) is 22.1 Å². The van der Waals surface area contributed by atoms with Crippen molar-refractivity contribution in [1.82, 2.24) is 4.98 Å². The minimum atomic E-state index is -0.751. The molecule has 1 aromatic carbocycles. The van der Waals surface area contributed by atoms with Crippen LogP contribution in [0, 0.1) is 17.7 Å². The average Bonchev–Trinajstić information content (AvgIpc) is 2.24. The van der Waals surface area contributed by atoms with Crippen molar-refractivity contribution in [3.05, 3.63) is 54.4 Å². The third-order valence-electron chi connectivity index (χ3n) is 1.70. The smallest absolute Gasteiger partial charge is 0.168 e. The zero-order chi connectivity index (χ0) is 10.7. The lowest BCUT2D eigenvalue weighted by molar-refractivity contribution is 0.436. The third-order valence-corrected chi connectivity index (χ3v) is 1.70. The fraction of sp³-hybridized carbons (Fsp3) is 0. The molecule has 2 nitrogen and oxygen atoms in total. The van der Waals surface area contributed by atoms with Gasteiger partial charge in [0.1, 0.15) is 11.6 Å². The summed E-state index contributed by atoms with van der Waals surface area (Å²) in [5.74, 6) is -1.09. The van der Waals surface area contributed by atoms with Crippen LogP contribution >= 0.6 is 0 Å². The summed E-state index contributed by atoms with van der Waals surface area (Å²) in [4.78, 5) is 3.75. The molecule has 1 aromatic heterocycles. The van der Waals surface area contributed by atoms with Crippen molar-refractivity contribution in [2.45, 2.75) is 0 Å². The molecular weight excluding hydrogens is 200 g/mol. The highest BCUT2D eigenvalue weighted by Crippen LogP contribution is 2.23. The molecule has 0 N–H and O–H groups in total. The molecule has 75 valence electrons. The van der Waals surface area contributed by atoms with Crippen LogP contribution in [0.4, 0.5) is 8.78 Å². The summed E-state index contributed by atoms with van der Waals surface area (Å²) < 4.78 is 30.8. The molecule has 15 heavy (non-hydrogen) atoms. The molecule has 1 heterocycles. The molecule has 2 aromatic rings. The van der Waals surface area contributed by atoms with Gasteiger partial charge in [0.15, 0.2) is 11.6 Å². The molecule has 0 amide bonds. The number of aromatic nitrogens is 1. The molecule has 0 aliphatic rings. The van der Waals surface area contributed by atoms with Crippen molar-refractivity contribution in [2.75, 3.05) is 0 Å². The Labute approximate surface area is 85.2 Å². The predicted molar refractivity (Wildman–Crippen MR) is 49.5 cm³/mol. The summed E-state index contributed by atoms with van der Waals surface area (Å²) in [7, 11) is 0. The van der Waals surface area contributed by atoms with E-state index in [-0.39, 0.29) is 5.75 Å². The SMILES string of the molecule is Fc1ccc(Oc2c[c]cnc2)c(F)c1. The van der Waals surface area contributed by atoms with Gasteiger partial charge in [0.05, 0.1) is 6.20 Å². The molecule has 0 atom stereocenters. The fourth-order valence-corrected chi connectivity index (χ4v) is 1.05. The van der Waals surface area contributed by atoms with Gasteiger partial charge in [0.25, 0.3) is 0 Å². The van der Waals surface area contributed by atoms with Gasteiger partial charge in [-0.2, -0.15) is 0 Å². The van der Waals surface area contributed by atoms with Crippen molar-refractivity contribution in [3.8, 4) is 11.5 Å². The van der Waals surface area contributed by atoms with E-state index >= 15 is 0 Å². The predicted octanol–water partition coefficient (Wildman–Crippen LogP) is 2.95. The molecule has 0 saturated carbocycles. The summed E-state index contributed by atoms with van der Waals surface area (Å²) in [6.45, 7) is 0. The number of ether oxygens (including phenoxy) is 1. The Morgan fingerprint density at radius 3 is 2.80 bits per heavy atom. The summed E-state index contributed by atoms with van der Waals surface area (Å²) >= 11 is 0. The maximum Gasteiger partial charge on any atom is 0.168 e. The second-order valence-electron chi connectivity index (χ2n) is 2.80. The highest BCUT2D eigenvalue weighted by Gasteiger charge is 2.05. The van der Waals surface area contributed by atoms with Gasteiger partial charge < -0.3 is 4.74 Å². The Morgan fingerprint density at radius 2 is 2.13 bits per heavy atom. The number of halogens is 2. The van der Waals surface area contributed by atoms with Crippen LogP contribution in [-0.2, 0) is 0 Å². The van der Waals surface area contributed by atoms with Crippen molar-refractivity contribution in [1.29, 1.82) is 0 Å². The van der Waals surface area contributed by atoms with E-state index in [9.17, 15) is 8.78 Å². The minimum absolute atomic E-state index is 0.0437. The number of hydrogen-bond acceptors (Lipinski definition) is 2. The van der Waals surface area contributed by atoms with Crippen LogP contribution in [0.5, 0.6) is 11.5 Å². The van der Waals surface area contributed by atoms with E-state index in [1.807, 2.05) is 0 Å². The van der Waals surface area contributed by atoms with Crippen molar-refractivity contribution >= 4 is 0 Å². The normalized spacial score (nSPS) is 10.0. The molecule has 0 saturated heterocycles. The van der Waals surface area contributed by atoms with Gasteiger partial charge in [-0.1, -0.05) is 0 Å². The van der Waals surface area contributed by atoms with Gasteiger partial charge in [-0.15, -0.1) is 0 Å². The quantitative estimate of drug-likeness (QED) is 0.753. The molecule has 0 fully saturated rings. The fourth-order valence-electron chi connectivity index (χ4n) is 1.05. The van der Waals surface area contributed by atoms with Crippen LogP contribution in [0.15, 0.2) is 36.7 Å². The lowest BCUT2D eigenvalue weighted by Crippen LogP contribution is -1.89. The molecule has 0 bridgehead atoms. The van der Waals surface area contributed by atoms with E-state index in [0.29, 0.717) is 5.75 Å². The maximum absolute atomic E-state index is 13.1. The summed E-state index contributed by atoms with van der Waals surface area (Å²) in [5.41, 5.74) is 0. The Morgan fingerprint density at radius 1 is 1.27 bits per heavy atom. The number of rotatable bonds is 2. The van der Waals surface area contributed by atoms with Crippen LogP contribution in [0.25, 0.3) is 0 Å². The molecule has 0 spiro atoms. The molecule has 0 unspecified atom stereocenters. The second-order valence-corrected chi connectivity index (χ2v) is 2.80. The summed E-state index contributed by atoms with van der Waals surface area (Å²) in [6, 6.07) is 7.29. The zero-order valence-electron chi connectivity index (χ0n) is 7.58. The standard InChI is InChI=1S/C11H6F2NO/c12-8-3-4-11(10(13)6-8)15-9-2-1-5-14-7-9/h2-7H. The van der Waals surface area contributed by atoms with E-state index < -0.39 is 11.6 Å². The molecule has 4 heteroatoms. The van der Waals surface area contributed by atoms with Gasteiger partial charge in [-0.3, -0.25) is 4.98 Å². The lowest BCUT2D eigenvalue weighted by Gasteiger charge is -2.05. The Balaban J connectivity index is 2.25. The number of nitrogens with zero attached hydrogens (tertiary/aromatic N) is 1. The van der Waals surface area contributed by atoms with Gasteiger partial charge in [-0.05, 0) is 18.2 Å². The highest BCUT2D eigenvalue weighted by molar-refractivity contribution is 5.30. The maximum atomic E-state index is 13.1. The van der Waals surface area contributed by atoms with Crippen molar-refractivity contribution in [2.24, 2.45) is 0 Å². The Bertz CT molecular complexity index is 459. The lowest BCUT2D eigenvalue weighted by atomic mass is 10.3. The first kappa shape index (κ1) is 9.58. The van der Waals surface area contributed by atoms with E-state index in [1.54, 1.807) is 0 Å². The number of pyridine rings is 1. The zero-order valence-corrected chi connectivity index (χ0v) is 7.58. The van der Waals surface area contributed by atoms with E-state index in [1.165, 1.54) is 24.5 Å². The minimum Gasteiger partial charge on any atom is -0.453 e. The first-order chi connectivity index (χ1) is 7.25. The second kappa shape index (κ2) is 4.04. The monoisotopic (exact) mass is 206 g/mol. The molecule has 0 aliphatic carbocycles. The Kier molecular flexibility index (Phi) is 2.58. The largest absolute Gasteiger partial charge is 0.453 e. The summed E-state index contributed by atoms with van der Waals surface area (Å²) in [5, 5.41) is 0. The number of hydrogen-bond donors (Lipinski definition) is 0. The molecular formula is C11H6F2NO. The van der Waals surface area contributed by atoms with Crippen LogP contribution in [0.2, 0.25) is 0 Å². The Hall–Kier alpha value is -1.97. The van der Waals surface area contributed by atoms with Gasteiger partial charge in [0, 0.05) is 18.3 Å². The van der Waals surface area contributed by atoms with Crippen molar-refractivity contribution in [3.63, 3.8) is 0 Å². The first-order valence-corrected chi connectivity index (χ1v) is 4.20.